The van der Waals surface area contributed by atoms with Crippen molar-refractivity contribution in [1.29, 1.82) is 0 Å². The maximum absolute atomic E-state index is 12.7. The SMILES string of the molecule is NC(=O)c1cn(C2CCCCC2)c2nc(Nc3ccc(N)cc3)ncc2c1=O. The van der Waals surface area contributed by atoms with Crippen molar-refractivity contribution in [2.24, 2.45) is 5.73 Å². The van der Waals surface area contributed by atoms with Crippen LogP contribution in [0.15, 0.2) is 41.5 Å². The zero-order chi connectivity index (χ0) is 19.7. The highest BCUT2D eigenvalue weighted by molar-refractivity contribution is 5.95. The summed E-state index contributed by atoms with van der Waals surface area (Å²) >= 11 is 0. The highest BCUT2D eigenvalue weighted by Crippen LogP contribution is 2.30. The molecule has 0 saturated heterocycles. The van der Waals surface area contributed by atoms with Crippen molar-refractivity contribution in [3.8, 4) is 0 Å². The van der Waals surface area contributed by atoms with E-state index in [1.807, 2.05) is 16.7 Å². The molecule has 2 aromatic heterocycles. The lowest BCUT2D eigenvalue weighted by atomic mass is 9.95. The second-order valence-corrected chi connectivity index (χ2v) is 7.11. The van der Waals surface area contributed by atoms with E-state index in [-0.39, 0.29) is 11.6 Å². The van der Waals surface area contributed by atoms with Crippen molar-refractivity contribution in [2.75, 3.05) is 11.1 Å². The van der Waals surface area contributed by atoms with E-state index >= 15 is 0 Å². The molecule has 0 aliphatic heterocycles. The lowest BCUT2D eigenvalue weighted by molar-refractivity contribution is 0.0998. The molecule has 8 heteroatoms. The van der Waals surface area contributed by atoms with E-state index in [0.29, 0.717) is 22.7 Å². The smallest absolute Gasteiger partial charge is 0.254 e. The fourth-order valence-electron chi connectivity index (χ4n) is 3.70. The van der Waals surface area contributed by atoms with Crippen molar-refractivity contribution in [1.82, 2.24) is 14.5 Å². The number of carbonyl (C=O) groups excluding carboxylic acids is 1. The number of rotatable bonds is 4. The first-order chi connectivity index (χ1) is 13.5. The molecule has 2 heterocycles. The zero-order valence-corrected chi connectivity index (χ0v) is 15.4. The number of hydrogen-bond acceptors (Lipinski definition) is 6. The summed E-state index contributed by atoms with van der Waals surface area (Å²) in [6, 6.07) is 7.39. The molecule has 0 spiro atoms. The highest BCUT2D eigenvalue weighted by Gasteiger charge is 2.21. The van der Waals surface area contributed by atoms with E-state index in [0.717, 1.165) is 31.4 Å². The van der Waals surface area contributed by atoms with Crippen LogP contribution in [0.4, 0.5) is 17.3 Å². The third-order valence-corrected chi connectivity index (χ3v) is 5.17. The summed E-state index contributed by atoms with van der Waals surface area (Å²) in [5.74, 6) is -0.367. The van der Waals surface area contributed by atoms with Gasteiger partial charge < -0.3 is 21.4 Å². The number of nitrogens with zero attached hydrogens (tertiary/aromatic N) is 3. The minimum atomic E-state index is -0.736. The molecule has 1 amide bonds. The zero-order valence-electron chi connectivity index (χ0n) is 15.4. The standard InChI is InChI=1S/C20H22N6O2/c21-12-6-8-13(9-7-12)24-20-23-10-15-17(27)16(18(22)28)11-26(19(15)25-20)14-4-2-1-3-5-14/h6-11,14H,1-5,21H2,(H2,22,28)(H,23,24,25). The van der Waals surface area contributed by atoms with E-state index in [2.05, 4.69) is 15.3 Å². The Balaban J connectivity index is 1.83. The van der Waals surface area contributed by atoms with E-state index in [9.17, 15) is 9.59 Å². The van der Waals surface area contributed by atoms with Crippen molar-refractivity contribution in [2.45, 2.75) is 38.1 Å². The first kappa shape index (κ1) is 18.0. The first-order valence-corrected chi connectivity index (χ1v) is 9.37. The summed E-state index contributed by atoms with van der Waals surface area (Å²) in [6.07, 6.45) is 8.36. The molecule has 0 bridgehead atoms. The number of nitrogen functional groups attached to an aromatic ring is 1. The van der Waals surface area contributed by atoms with Crippen LogP contribution in [-0.2, 0) is 0 Å². The summed E-state index contributed by atoms with van der Waals surface area (Å²) in [5, 5.41) is 3.42. The molecule has 1 aromatic carbocycles. The maximum atomic E-state index is 12.7. The number of anilines is 3. The first-order valence-electron chi connectivity index (χ1n) is 9.37. The van der Waals surface area contributed by atoms with Gasteiger partial charge in [-0.2, -0.15) is 4.98 Å². The number of aromatic nitrogens is 3. The molecule has 1 saturated carbocycles. The second-order valence-electron chi connectivity index (χ2n) is 7.11. The van der Waals surface area contributed by atoms with Crippen LogP contribution in [0.25, 0.3) is 11.0 Å². The fourth-order valence-corrected chi connectivity index (χ4v) is 3.70. The number of carbonyl (C=O) groups is 1. The van der Waals surface area contributed by atoms with Gasteiger partial charge in [0.15, 0.2) is 0 Å². The van der Waals surface area contributed by atoms with Crippen LogP contribution in [0.3, 0.4) is 0 Å². The van der Waals surface area contributed by atoms with Crippen molar-refractivity contribution in [3.05, 3.63) is 52.4 Å². The molecule has 4 rings (SSSR count). The van der Waals surface area contributed by atoms with Crippen LogP contribution < -0.4 is 22.2 Å². The average molecular weight is 378 g/mol. The Morgan fingerprint density at radius 3 is 2.54 bits per heavy atom. The average Bonchev–Trinajstić information content (AvgIpc) is 2.70. The van der Waals surface area contributed by atoms with Gasteiger partial charge in [0.1, 0.15) is 11.2 Å². The molecule has 144 valence electrons. The molecule has 1 aliphatic rings. The molecule has 3 aromatic rings. The normalized spacial score (nSPS) is 14.9. The van der Waals surface area contributed by atoms with Crippen molar-refractivity contribution in [3.63, 3.8) is 0 Å². The van der Waals surface area contributed by atoms with Gasteiger partial charge in [-0.15, -0.1) is 0 Å². The molecule has 1 fully saturated rings. The van der Waals surface area contributed by atoms with E-state index in [1.54, 1.807) is 18.3 Å². The Hall–Kier alpha value is -3.42. The van der Waals surface area contributed by atoms with E-state index in [4.69, 9.17) is 11.5 Å². The third-order valence-electron chi connectivity index (χ3n) is 5.17. The van der Waals surface area contributed by atoms with Crippen LogP contribution in [0.1, 0.15) is 48.5 Å². The van der Waals surface area contributed by atoms with Gasteiger partial charge in [-0.05, 0) is 37.1 Å². The van der Waals surface area contributed by atoms with Gasteiger partial charge in [-0.3, -0.25) is 9.59 Å². The molecular weight excluding hydrogens is 356 g/mol. The van der Waals surface area contributed by atoms with Gasteiger partial charge in [0, 0.05) is 29.8 Å². The number of benzene rings is 1. The summed E-state index contributed by atoms with van der Waals surface area (Å²) in [4.78, 5) is 33.3. The number of primary amides is 1. The fraction of sp³-hybridized carbons (Fsp3) is 0.300. The molecule has 0 radical (unpaired) electrons. The minimum Gasteiger partial charge on any atom is -0.399 e. The Morgan fingerprint density at radius 1 is 1.14 bits per heavy atom. The molecule has 28 heavy (non-hydrogen) atoms. The molecule has 0 unspecified atom stereocenters. The van der Waals surface area contributed by atoms with Crippen LogP contribution in [0.2, 0.25) is 0 Å². The monoisotopic (exact) mass is 378 g/mol. The van der Waals surface area contributed by atoms with Gasteiger partial charge in [-0.1, -0.05) is 19.3 Å². The van der Waals surface area contributed by atoms with Crippen LogP contribution >= 0.6 is 0 Å². The summed E-state index contributed by atoms with van der Waals surface area (Å²) in [5.41, 5.74) is 12.6. The summed E-state index contributed by atoms with van der Waals surface area (Å²) in [6.45, 7) is 0. The van der Waals surface area contributed by atoms with Crippen LogP contribution in [0.5, 0.6) is 0 Å². The number of hydrogen-bond donors (Lipinski definition) is 3. The van der Waals surface area contributed by atoms with Gasteiger partial charge >= 0.3 is 0 Å². The molecule has 1 aliphatic carbocycles. The van der Waals surface area contributed by atoms with Crippen LogP contribution in [0, 0.1) is 0 Å². The quantitative estimate of drug-likeness (QED) is 0.599. The lowest BCUT2D eigenvalue weighted by Crippen LogP contribution is -2.26. The largest absolute Gasteiger partial charge is 0.399 e. The highest BCUT2D eigenvalue weighted by atomic mass is 16.2. The minimum absolute atomic E-state index is 0.0269. The summed E-state index contributed by atoms with van der Waals surface area (Å²) < 4.78 is 1.92. The topological polar surface area (TPSA) is 129 Å². The third kappa shape index (κ3) is 3.40. The predicted molar refractivity (Wildman–Crippen MR) is 109 cm³/mol. The van der Waals surface area contributed by atoms with E-state index < -0.39 is 11.3 Å². The molecular formula is C20H22N6O2. The van der Waals surface area contributed by atoms with Crippen molar-refractivity contribution < 1.29 is 4.79 Å². The van der Waals surface area contributed by atoms with Gasteiger partial charge in [0.2, 0.25) is 11.4 Å². The van der Waals surface area contributed by atoms with Gasteiger partial charge in [-0.25, -0.2) is 4.98 Å². The Morgan fingerprint density at radius 2 is 1.86 bits per heavy atom. The van der Waals surface area contributed by atoms with E-state index in [1.165, 1.54) is 12.6 Å². The lowest BCUT2D eigenvalue weighted by Gasteiger charge is -2.26. The predicted octanol–water partition coefficient (Wildman–Crippen LogP) is 2.72. The number of pyridine rings is 1. The molecule has 5 N–H and O–H groups in total. The Bertz CT molecular complexity index is 1080. The number of fused-ring (bicyclic) bond motifs is 1. The summed E-state index contributed by atoms with van der Waals surface area (Å²) in [7, 11) is 0. The van der Waals surface area contributed by atoms with Gasteiger partial charge in [0.05, 0.1) is 5.39 Å². The van der Waals surface area contributed by atoms with Gasteiger partial charge in [0.25, 0.3) is 5.91 Å². The maximum Gasteiger partial charge on any atom is 0.254 e. The second kappa shape index (κ2) is 7.30. The molecule has 0 atom stereocenters. The Kier molecular flexibility index (Phi) is 4.68. The van der Waals surface area contributed by atoms with Crippen LogP contribution in [-0.4, -0.2) is 20.4 Å². The number of nitrogens with two attached hydrogens (primary N) is 2. The van der Waals surface area contributed by atoms with Crippen molar-refractivity contribution >= 4 is 34.3 Å². The number of amides is 1. The molecule has 8 nitrogen and oxygen atoms in total. The Labute approximate surface area is 161 Å². The number of nitrogens with one attached hydrogen (secondary N) is 1.